The Morgan fingerprint density at radius 2 is 1.97 bits per heavy atom. The van der Waals surface area contributed by atoms with Gasteiger partial charge in [-0.15, -0.1) is 0 Å². The van der Waals surface area contributed by atoms with Crippen LogP contribution in [-0.4, -0.2) is 40.6 Å². The van der Waals surface area contributed by atoms with Gasteiger partial charge in [0, 0.05) is 18.4 Å². The first kappa shape index (κ1) is 23.9. The summed E-state index contributed by atoms with van der Waals surface area (Å²) in [6, 6.07) is 5.47. The number of thiocarbonyl (C=S) groups is 1. The summed E-state index contributed by atoms with van der Waals surface area (Å²) >= 11 is 5.56. The Balaban J connectivity index is 1.78. The molecular formula is C23H20F4N4O2S. The van der Waals surface area contributed by atoms with Crippen molar-refractivity contribution in [1.29, 1.82) is 5.26 Å². The van der Waals surface area contributed by atoms with Crippen LogP contribution in [0.4, 0.5) is 23.2 Å². The van der Waals surface area contributed by atoms with Gasteiger partial charge >= 0.3 is 6.18 Å². The molecule has 178 valence electrons. The van der Waals surface area contributed by atoms with Crippen LogP contribution in [0, 0.1) is 29.0 Å². The molecule has 2 atom stereocenters. The van der Waals surface area contributed by atoms with Crippen LogP contribution < -0.4 is 10.2 Å². The van der Waals surface area contributed by atoms with Crippen molar-refractivity contribution in [2.45, 2.75) is 37.4 Å². The molecular weight excluding hydrogens is 472 g/mol. The molecule has 34 heavy (non-hydrogen) atoms. The van der Waals surface area contributed by atoms with E-state index in [2.05, 4.69) is 5.32 Å². The van der Waals surface area contributed by atoms with E-state index in [9.17, 15) is 27.2 Å². The Bertz CT molecular complexity index is 1160. The van der Waals surface area contributed by atoms with E-state index in [1.54, 1.807) is 6.07 Å². The summed E-state index contributed by atoms with van der Waals surface area (Å²) in [4.78, 5) is 28.1. The molecule has 0 bridgehead atoms. The van der Waals surface area contributed by atoms with Crippen molar-refractivity contribution in [2.24, 2.45) is 11.8 Å². The predicted octanol–water partition coefficient (Wildman–Crippen LogP) is 4.20. The Morgan fingerprint density at radius 1 is 1.29 bits per heavy atom. The Labute approximate surface area is 198 Å². The molecule has 1 spiro atoms. The number of nitrogens with one attached hydrogen (secondary N) is 1. The lowest BCUT2D eigenvalue weighted by Crippen LogP contribution is -2.47. The fourth-order valence-corrected chi connectivity index (χ4v) is 5.32. The molecule has 2 fully saturated rings. The second-order valence-electron chi connectivity index (χ2n) is 8.41. The molecule has 1 aromatic carbocycles. The number of benzene rings is 1. The summed E-state index contributed by atoms with van der Waals surface area (Å²) in [5.74, 6) is -5.43. The molecule has 11 heteroatoms. The zero-order valence-corrected chi connectivity index (χ0v) is 18.8. The molecule has 0 radical (unpaired) electrons. The zero-order chi connectivity index (χ0) is 24.8. The maximum absolute atomic E-state index is 14.7. The van der Waals surface area contributed by atoms with Gasteiger partial charge in [-0.25, -0.2) is 4.39 Å². The number of anilines is 1. The largest absolute Gasteiger partial charge is 0.396 e. The SMILES string of the molecule is CNC(=O)c1ccc(N2C(=S)N(C3=CC(C(F)(F)F)C(C#N)C=C3)C(=O)C23CCCC3)cc1F. The number of hydrogen-bond acceptors (Lipinski definition) is 4. The Morgan fingerprint density at radius 3 is 2.53 bits per heavy atom. The van der Waals surface area contributed by atoms with Gasteiger partial charge in [0.25, 0.3) is 11.8 Å². The van der Waals surface area contributed by atoms with Crippen LogP contribution in [0.3, 0.4) is 0 Å². The fourth-order valence-electron chi connectivity index (χ4n) is 4.85. The van der Waals surface area contributed by atoms with Crippen LogP contribution in [0.15, 0.2) is 42.1 Å². The summed E-state index contributed by atoms with van der Waals surface area (Å²) in [7, 11) is 1.37. The highest BCUT2D eigenvalue weighted by Crippen LogP contribution is 2.47. The van der Waals surface area contributed by atoms with Gasteiger partial charge in [-0.05, 0) is 55.4 Å². The van der Waals surface area contributed by atoms with Crippen LogP contribution in [0.5, 0.6) is 0 Å². The average molecular weight is 492 g/mol. The third-order valence-electron chi connectivity index (χ3n) is 6.52. The molecule has 6 nitrogen and oxygen atoms in total. The van der Waals surface area contributed by atoms with E-state index in [0.717, 1.165) is 23.1 Å². The van der Waals surface area contributed by atoms with E-state index in [-0.39, 0.29) is 22.1 Å². The second kappa shape index (κ2) is 8.51. The maximum Gasteiger partial charge on any atom is 0.396 e. The minimum atomic E-state index is -4.69. The van der Waals surface area contributed by atoms with Crippen molar-refractivity contribution in [3.05, 3.63) is 53.5 Å². The molecule has 1 heterocycles. The molecule has 1 N–H and O–H groups in total. The van der Waals surface area contributed by atoms with E-state index in [4.69, 9.17) is 17.5 Å². The standard InChI is InChI=1S/C23H20F4N4O2S/c1-29-19(32)16-7-6-15(11-18(16)24)31-21(34)30(20(33)22(31)8-2-3-9-22)14-5-4-13(12-28)17(10-14)23(25,26)27/h4-7,10-11,13,17H,2-3,8-9H2,1H3,(H,29,32). The van der Waals surface area contributed by atoms with Crippen LogP contribution in [0.2, 0.25) is 0 Å². The van der Waals surface area contributed by atoms with Crippen molar-refractivity contribution in [3.63, 3.8) is 0 Å². The minimum absolute atomic E-state index is 0.0694. The molecule has 3 aliphatic rings. The van der Waals surface area contributed by atoms with Crippen LogP contribution >= 0.6 is 12.2 Å². The monoisotopic (exact) mass is 492 g/mol. The summed E-state index contributed by atoms with van der Waals surface area (Å²) in [5, 5.41) is 11.4. The lowest BCUT2D eigenvalue weighted by Gasteiger charge is -2.32. The van der Waals surface area contributed by atoms with E-state index >= 15 is 0 Å². The smallest absolute Gasteiger partial charge is 0.355 e. The summed E-state index contributed by atoms with van der Waals surface area (Å²) in [5.41, 5.74) is -1.18. The quantitative estimate of drug-likeness (QED) is 0.506. The number of hydrogen-bond donors (Lipinski definition) is 1. The lowest BCUT2D eigenvalue weighted by molar-refractivity contribution is -0.166. The fraction of sp³-hybridized carbons (Fsp3) is 0.391. The van der Waals surface area contributed by atoms with E-state index < -0.39 is 41.2 Å². The van der Waals surface area contributed by atoms with Crippen molar-refractivity contribution in [3.8, 4) is 6.07 Å². The molecule has 0 aromatic heterocycles. The number of amides is 2. The molecule has 1 aromatic rings. The van der Waals surface area contributed by atoms with Gasteiger partial charge < -0.3 is 10.2 Å². The first-order valence-corrected chi connectivity index (χ1v) is 11.0. The summed E-state index contributed by atoms with van der Waals surface area (Å²) in [6.45, 7) is 0. The number of alkyl halides is 3. The van der Waals surface area contributed by atoms with Crippen molar-refractivity contribution in [1.82, 2.24) is 10.2 Å². The van der Waals surface area contributed by atoms with Gasteiger partial charge in [-0.2, -0.15) is 18.4 Å². The minimum Gasteiger partial charge on any atom is -0.355 e. The van der Waals surface area contributed by atoms with Crippen LogP contribution in [0.25, 0.3) is 0 Å². The van der Waals surface area contributed by atoms with Crippen molar-refractivity contribution < 1.29 is 27.2 Å². The van der Waals surface area contributed by atoms with Gasteiger partial charge in [0.1, 0.15) is 11.4 Å². The molecule has 2 amide bonds. The number of carbonyl (C=O) groups is 2. The molecule has 1 aliphatic heterocycles. The number of carbonyl (C=O) groups excluding carboxylic acids is 2. The van der Waals surface area contributed by atoms with E-state index in [1.807, 2.05) is 0 Å². The third-order valence-corrected chi connectivity index (χ3v) is 6.89. The van der Waals surface area contributed by atoms with E-state index in [1.165, 1.54) is 30.2 Å². The third kappa shape index (κ3) is 3.66. The van der Waals surface area contributed by atoms with Crippen molar-refractivity contribution in [2.75, 3.05) is 11.9 Å². The van der Waals surface area contributed by atoms with Crippen molar-refractivity contribution >= 4 is 34.8 Å². The van der Waals surface area contributed by atoms with Gasteiger partial charge in [0.05, 0.1) is 23.5 Å². The highest BCUT2D eigenvalue weighted by molar-refractivity contribution is 7.80. The van der Waals surface area contributed by atoms with Crippen LogP contribution in [0.1, 0.15) is 36.0 Å². The zero-order valence-electron chi connectivity index (χ0n) is 18.0. The second-order valence-corrected chi connectivity index (χ2v) is 8.78. The number of halogens is 4. The lowest BCUT2D eigenvalue weighted by atomic mass is 9.87. The number of nitriles is 1. The average Bonchev–Trinajstić information content (AvgIpc) is 3.36. The van der Waals surface area contributed by atoms with Gasteiger partial charge in [0.2, 0.25) is 0 Å². The maximum atomic E-state index is 14.7. The highest BCUT2D eigenvalue weighted by Gasteiger charge is 2.58. The molecule has 1 saturated heterocycles. The number of allylic oxidation sites excluding steroid dienone is 3. The Hall–Kier alpha value is -3.26. The highest BCUT2D eigenvalue weighted by atomic mass is 32.1. The molecule has 2 aliphatic carbocycles. The van der Waals surface area contributed by atoms with Gasteiger partial charge in [-0.3, -0.25) is 14.5 Å². The van der Waals surface area contributed by atoms with Gasteiger partial charge in [0.15, 0.2) is 5.11 Å². The Kier molecular flexibility index (Phi) is 5.97. The predicted molar refractivity (Wildman–Crippen MR) is 119 cm³/mol. The first-order chi connectivity index (χ1) is 16.0. The normalized spacial score (nSPS) is 23.9. The number of rotatable bonds is 3. The molecule has 4 rings (SSSR count). The number of nitrogens with zero attached hydrogens (tertiary/aromatic N) is 3. The molecule has 1 saturated carbocycles. The topological polar surface area (TPSA) is 76.4 Å². The molecule has 2 unspecified atom stereocenters. The van der Waals surface area contributed by atoms with Gasteiger partial charge in [-0.1, -0.05) is 18.9 Å². The van der Waals surface area contributed by atoms with Crippen LogP contribution in [-0.2, 0) is 4.79 Å². The summed E-state index contributed by atoms with van der Waals surface area (Å²) in [6.07, 6.45) is 0.725. The summed E-state index contributed by atoms with van der Waals surface area (Å²) < 4.78 is 55.5. The van der Waals surface area contributed by atoms with E-state index in [0.29, 0.717) is 25.7 Å². The first-order valence-electron chi connectivity index (χ1n) is 10.6.